The van der Waals surface area contributed by atoms with Gasteiger partial charge >= 0.3 is 0 Å². The molecule has 0 radical (unpaired) electrons. The average molecular weight is 123 g/mol. The number of allylic oxidation sites excluding steroid dienone is 4. The zero-order valence-corrected chi connectivity index (χ0v) is 5.96. The largest absolute Gasteiger partial charge is 0.402 e. The molecule has 0 fully saturated rings. The molecule has 0 saturated heterocycles. The molecule has 50 valence electrons. The molecule has 1 heteroatoms. The van der Waals surface area contributed by atoms with Crippen LogP contribution in [0.3, 0.4) is 0 Å². The van der Waals surface area contributed by atoms with Gasteiger partial charge in [-0.25, -0.2) is 0 Å². The van der Waals surface area contributed by atoms with Gasteiger partial charge in [-0.05, 0) is 12.0 Å². The van der Waals surface area contributed by atoms with E-state index in [9.17, 15) is 0 Å². The van der Waals surface area contributed by atoms with E-state index in [1.54, 1.807) is 0 Å². The summed E-state index contributed by atoms with van der Waals surface area (Å²) in [4.78, 5) is 0. The summed E-state index contributed by atoms with van der Waals surface area (Å²) in [5, 5.41) is 0. The van der Waals surface area contributed by atoms with Crippen LogP contribution in [0.25, 0.3) is 0 Å². The first-order valence-corrected chi connectivity index (χ1v) is 3.35. The van der Waals surface area contributed by atoms with Crippen LogP contribution in [-0.4, -0.2) is 0 Å². The maximum absolute atomic E-state index is 5.68. The first-order valence-electron chi connectivity index (χ1n) is 3.35. The van der Waals surface area contributed by atoms with Gasteiger partial charge in [0, 0.05) is 11.6 Å². The standard InChI is InChI=1S/C8H13N/c1-6-4-3-5-8(9)7(6)2/h3-7H,9H2,1-2H3/t6?,7-/m1/s1. The van der Waals surface area contributed by atoms with Gasteiger partial charge in [-0.2, -0.15) is 0 Å². The van der Waals surface area contributed by atoms with E-state index in [1.807, 2.05) is 12.2 Å². The second-order valence-electron chi connectivity index (χ2n) is 2.70. The van der Waals surface area contributed by atoms with Crippen molar-refractivity contribution in [1.82, 2.24) is 0 Å². The second-order valence-corrected chi connectivity index (χ2v) is 2.70. The fourth-order valence-electron chi connectivity index (χ4n) is 0.964. The van der Waals surface area contributed by atoms with Crippen molar-refractivity contribution >= 4 is 0 Å². The molecule has 0 saturated carbocycles. The molecule has 2 N–H and O–H groups in total. The van der Waals surface area contributed by atoms with Crippen molar-refractivity contribution < 1.29 is 0 Å². The van der Waals surface area contributed by atoms with Crippen LogP contribution in [0.15, 0.2) is 23.9 Å². The molecule has 1 unspecified atom stereocenters. The summed E-state index contributed by atoms with van der Waals surface area (Å²) in [6.07, 6.45) is 6.19. The lowest BCUT2D eigenvalue weighted by molar-refractivity contribution is 0.518. The van der Waals surface area contributed by atoms with Gasteiger partial charge in [-0.3, -0.25) is 0 Å². The highest BCUT2D eigenvalue weighted by Gasteiger charge is 2.13. The molecular formula is C8H13N. The van der Waals surface area contributed by atoms with Crippen molar-refractivity contribution in [3.05, 3.63) is 23.9 Å². The molecule has 1 aliphatic rings. The van der Waals surface area contributed by atoms with Crippen LogP contribution in [0.4, 0.5) is 0 Å². The maximum Gasteiger partial charge on any atom is 0.0115 e. The Morgan fingerprint density at radius 3 is 2.56 bits per heavy atom. The van der Waals surface area contributed by atoms with Crippen LogP contribution in [-0.2, 0) is 0 Å². The van der Waals surface area contributed by atoms with Crippen molar-refractivity contribution in [1.29, 1.82) is 0 Å². The predicted molar refractivity (Wildman–Crippen MR) is 39.7 cm³/mol. The molecule has 9 heavy (non-hydrogen) atoms. The van der Waals surface area contributed by atoms with Gasteiger partial charge in [0.1, 0.15) is 0 Å². The van der Waals surface area contributed by atoms with E-state index in [0.29, 0.717) is 11.8 Å². The summed E-state index contributed by atoms with van der Waals surface area (Å²) in [6, 6.07) is 0. The zero-order valence-electron chi connectivity index (χ0n) is 5.96. The number of rotatable bonds is 0. The molecule has 0 aromatic heterocycles. The number of hydrogen-bond acceptors (Lipinski definition) is 1. The lowest BCUT2D eigenvalue weighted by Gasteiger charge is -2.19. The fourth-order valence-corrected chi connectivity index (χ4v) is 0.964. The monoisotopic (exact) mass is 123 g/mol. The van der Waals surface area contributed by atoms with Gasteiger partial charge in [0.15, 0.2) is 0 Å². The summed E-state index contributed by atoms with van der Waals surface area (Å²) >= 11 is 0. The maximum atomic E-state index is 5.68. The lowest BCUT2D eigenvalue weighted by atomic mass is 9.89. The van der Waals surface area contributed by atoms with E-state index >= 15 is 0 Å². The van der Waals surface area contributed by atoms with E-state index in [2.05, 4.69) is 19.9 Å². The van der Waals surface area contributed by atoms with Gasteiger partial charge < -0.3 is 5.73 Å². The van der Waals surface area contributed by atoms with Crippen molar-refractivity contribution in [2.24, 2.45) is 17.6 Å². The van der Waals surface area contributed by atoms with E-state index in [0.717, 1.165) is 5.70 Å². The minimum absolute atomic E-state index is 0.523. The molecule has 1 nitrogen and oxygen atoms in total. The zero-order chi connectivity index (χ0) is 6.85. The Kier molecular flexibility index (Phi) is 1.60. The van der Waals surface area contributed by atoms with Gasteiger partial charge in [0.2, 0.25) is 0 Å². The van der Waals surface area contributed by atoms with E-state index in [4.69, 9.17) is 5.73 Å². The molecule has 0 aromatic rings. The first kappa shape index (κ1) is 6.40. The van der Waals surface area contributed by atoms with Gasteiger partial charge in [0.05, 0.1) is 0 Å². The summed E-state index contributed by atoms with van der Waals surface area (Å²) in [5.41, 5.74) is 6.68. The third-order valence-corrected chi connectivity index (χ3v) is 2.02. The smallest absolute Gasteiger partial charge is 0.0115 e. The SMILES string of the molecule is CC1C=CC=C(N)[C@@H]1C. The molecule has 0 aliphatic heterocycles. The van der Waals surface area contributed by atoms with Crippen LogP contribution in [0.5, 0.6) is 0 Å². The Hall–Kier alpha value is -0.720. The van der Waals surface area contributed by atoms with Crippen LogP contribution < -0.4 is 5.73 Å². The van der Waals surface area contributed by atoms with Gasteiger partial charge in [-0.1, -0.05) is 26.0 Å². The quantitative estimate of drug-likeness (QED) is 0.521. The predicted octanol–water partition coefficient (Wildman–Crippen LogP) is 1.67. The molecule has 0 bridgehead atoms. The summed E-state index contributed by atoms with van der Waals surface area (Å²) in [6.45, 7) is 4.33. The topological polar surface area (TPSA) is 26.0 Å². The minimum Gasteiger partial charge on any atom is -0.402 e. The Morgan fingerprint density at radius 2 is 2.11 bits per heavy atom. The molecule has 1 rings (SSSR count). The Morgan fingerprint density at radius 1 is 1.44 bits per heavy atom. The molecule has 0 spiro atoms. The molecular weight excluding hydrogens is 110 g/mol. The molecule has 2 atom stereocenters. The van der Waals surface area contributed by atoms with Crippen LogP contribution in [0, 0.1) is 11.8 Å². The second kappa shape index (κ2) is 2.26. The van der Waals surface area contributed by atoms with Crippen LogP contribution in [0.2, 0.25) is 0 Å². The minimum atomic E-state index is 0.523. The van der Waals surface area contributed by atoms with E-state index in [1.165, 1.54) is 0 Å². The van der Waals surface area contributed by atoms with Crippen LogP contribution in [0.1, 0.15) is 13.8 Å². The number of hydrogen-bond donors (Lipinski definition) is 1. The van der Waals surface area contributed by atoms with Crippen molar-refractivity contribution in [2.45, 2.75) is 13.8 Å². The number of nitrogens with two attached hydrogens (primary N) is 1. The van der Waals surface area contributed by atoms with E-state index in [-0.39, 0.29) is 0 Å². The third kappa shape index (κ3) is 1.15. The summed E-state index contributed by atoms with van der Waals surface area (Å²) in [7, 11) is 0. The Bertz CT molecular complexity index is 156. The van der Waals surface area contributed by atoms with Gasteiger partial charge in [-0.15, -0.1) is 0 Å². The average Bonchev–Trinajstić information content (AvgIpc) is 1.83. The van der Waals surface area contributed by atoms with Crippen LogP contribution >= 0.6 is 0 Å². The van der Waals surface area contributed by atoms with Gasteiger partial charge in [0.25, 0.3) is 0 Å². The molecule has 0 amide bonds. The fraction of sp³-hybridized carbons (Fsp3) is 0.500. The van der Waals surface area contributed by atoms with E-state index < -0.39 is 0 Å². The Labute approximate surface area is 56.2 Å². The third-order valence-electron chi connectivity index (χ3n) is 2.02. The van der Waals surface area contributed by atoms with Crippen molar-refractivity contribution in [2.75, 3.05) is 0 Å². The summed E-state index contributed by atoms with van der Waals surface area (Å²) in [5.74, 6) is 1.13. The van der Waals surface area contributed by atoms with Crippen molar-refractivity contribution in [3.63, 3.8) is 0 Å². The highest BCUT2D eigenvalue weighted by molar-refractivity contribution is 5.19. The highest BCUT2D eigenvalue weighted by Crippen LogP contribution is 2.21. The highest BCUT2D eigenvalue weighted by atomic mass is 14.6. The lowest BCUT2D eigenvalue weighted by Crippen LogP contribution is -2.16. The molecule has 1 aliphatic carbocycles. The molecule has 0 heterocycles. The Balaban J connectivity index is 2.73. The van der Waals surface area contributed by atoms with Crippen molar-refractivity contribution in [3.8, 4) is 0 Å². The molecule has 0 aromatic carbocycles. The normalized spacial score (nSPS) is 34.2. The summed E-state index contributed by atoms with van der Waals surface area (Å²) < 4.78 is 0. The first-order chi connectivity index (χ1) is 4.22.